The van der Waals surface area contributed by atoms with Gasteiger partial charge in [0.05, 0.1) is 13.7 Å². The zero-order valence-corrected chi connectivity index (χ0v) is 18.7. The summed E-state index contributed by atoms with van der Waals surface area (Å²) in [5.41, 5.74) is 3.11. The standard InChI is InChI=1S/C24H34N4O3/c1-4-31-17-5-15-25-24(27-18-21-8-12-23(30-3)13-9-21)26-16-14-20-6-10-22(11-7-20)28-19(2)29/h6-13H,4-5,14-18H2,1-3H3,(H,28,29)(H2,25,26,27). The lowest BCUT2D eigenvalue weighted by molar-refractivity contribution is -0.114. The Hall–Kier alpha value is -3.06. The van der Waals surface area contributed by atoms with Gasteiger partial charge in [-0.05, 0) is 55.2 Å². The summed E-state index contributed by atoms with van der Waals surface area (Å²) in [6.07, 6.45) is 1.77. The van der Waals surface area contributed by atoms with E-state index in [-0.39, 0.29) is 5.91 Å². The number of benzene rings is 2. The lowest BCUT2D eigenvalue weighted by Gasteiger charge is -2.13. The average molecular weight is 427 g/mol. The molecular weight excluding hydrogens is 392 g/mol. The van der Waals surface area contributed by atoms with Crippen molar-refractivity contribution < 1.29 is 14.3 Å². The van der Waals surface area contributed by atoms with Crippen molar-refractivity contribution in [1.29, 1.82) is 0 Å². The lowest BCUT2D eigenvalue weighted by Crippen LogP contribution is -2.39. The summed E-state index contributed by atoms with van der Waals surface area (Å²) in [6.45, 7) is 7.09. The Morgan fingerprint density at radius 1 is 0.968 bits per heavy atom. The number of hydrogen-bond donors (Lipinski definition) is 3. The summed E-state index contributed by atoms with van der Waals surface area (Å²) in [4.78, 5) is 15.8. The molecule has 0 fully saturated rings. The van der Waals surface area contributed by atoms with Crippen molar-refractivity contribution in [1.82, 2.24) is 10.6 Å². The summed E-state index contributed by atoms with van der Waals surface area (Å²) in [7, 11) is 1.66. The number of methoxy groups -OCH3 is 1. The molecular formula is C24H34N4O3. The van der Waals surface area contributed by atoms with Crippen molar-refractivity contribution in [3.05, 3.63) is 59.7 Å². The fourth-order valence-electron chi connectivity index (χ4n) is 2.88. The summed E-state index contributed by atoms with van der Waals surface area (Å²) in [5, 5.41) is 9.56. The van der Waals surface area contributed by atoms with Crippen molar-refractivity contribution in [3.8, 4) is 5.75 Å². The number of nitrogens with zero attached hydrogens (tertiary/aromatic N) is 1. The second kappa shape index (κ2) is 14.0. The Bertz CT molecular complexity index is 805. The number of amides is 1. The number of carbonyl (C=O) groups excluding carboxylic acids is 1. The van der Waals surface area contributed by atoms with Gasteiger partial charge in [0.15, 0.2) is 5.96 Å². The van der Waals surface area contributed by atoms with Crippen molar-refractivity contribution in [2.45, 2.75) is 33.2 Å². The Labute approximate surface area is 185 Å². The minimum atomic E-state index is -0.0671. The molecule has 0 unspecified atom stereocenters. The first-order valence-corrected chi connectivity index (χ1v) is 10.7. The molecule has 0 radical (unpaired) electrons. The molecule has 31 heavy (non-hydrogen) atoms. The van der Waals surface area contributed by atoms with Crippen molar-refractivity contribution in [3.63, 3.8) is 0 Å². The van der Waals surface area contributed by atoms with Crippen LogP contribution in [0.15, 0.2) is 53.5 Å². The van der Waals surface area contributed by atoms with Gasteiger partial charge in [0, 0.05) is 38.9 Å². The molecule has 0 saturated heterocycles. The van der Waals surface area contributed by atoms with Crippen LogP contribution < -0.4 is 20.7 Å². The van der Waals surface area contributed by atoms with Gasteiger partial charge in [0.25, 0.3) is 0 Å². The molecule has 1 amide bonds. The zero-order valence-electron chi connectivity index (χ0n) is 18.7. The van der Waals surface area contributed by atoms with Gasteiger partial charge < -0.3 is 25.4 Å². The molecule has 2 aromatic carbocycles. The van der Waals surface area contributed by atoms with E-state index >= 15 is 0 Å². The monoisotopic (exact) mass is 426 g/mol. The van der Waals surface area contributed by atoms with Crippen LogP contribution in [0.3, 0.4) is 0 Å². The van der Waals surface area contributed by atoms with Gasteiger partial charge >= 0.3 is 0 Å². The third-order valence-electron chi connectivity index (χ3n) is 4.52. The van der Waals surface area contributed by atoms with Gasteiger partial charge in [0.1, 0.15) is 5.75 Å². The topological polar surface area (TPSA) is 84.0 Å². The molecule has 0 saturated carbocycles. The fraction of sp³-hybridized carbons (Fsp3) is 0.417. The van der Waals surface area contributed by atoms with E-state index in [9.17, 15) is 4.79 Å². The Morgan fingerprint density at radius 3 is 2.29 bits per heavy atom. The number of carbonyl (C=O) groups is 1. The molecule has 0 aliphatic rings. The smallest absolute Gasteiger partial charge is 0.221 e. The largest absolute Gasteiger partial charge is 0.497 e. The number of nitrogens with one attached hydrogen (secondary N) is 3. The number of guanidine groups is 1. The highest BCUT2D eigenvalue weighted by Gasteiger charge is 2.01. The molecule has 2 rings (SSSR count). The highest BCUT2D eigenvalue weighted by Crippen LogP contribution is 2.12. The Kier molecular flexibility index (Phi) is 11.0. The number of rotatable bonds is 12. The van der Waals surface area contributed by atoms with E-state index in [0.717, 1.165) is 62.1 Å². The van der Waals surface area contributed by atoms with Crippen LogP contribution in [0.5, 0.6) is 5.75 Å². The average Bonchev–Trinajstić information content (AvgIpc) is 2.78. The second-order valence-electron chi connectivity index (χ2n) is 7.05. The van der Waals surface area contributed by atoms with Gasteiger partial charge in [-0.25, -0.2) is 4.99 Å². The molecule has 7 nitrogen and oxygen atoms in total. The minimum absolute atomic E-state index is 0.0671. The van der Waals surface area contributed by atoms with E-state index in [1.165, 1.54) is 12.5 Å². The van der Waals surface area contributed by atoms with Crippen LogP contribution in [0.2, 0.25) is 0 Å². The van der Waals surface area contributed by atoms with Crippen LogP contribution in [-0.4, -0.2) is 45.3 Å². The second-order valence-corrected chi connectivity index (χ2v) is 7.05. The van der Waals surface area contributed by atoms with Gasteiger partial charge in [0.2, 0.25) is 5.91 Å². The third kappa shape index (κ3) is 10.00. The van der Waals surface area contributed by atoms with E-state index in [4.69, 9.17) is 14.5 Å². The lowest BCUT2D eigenvalue weighted by atomic mass is 10.1. The van der Waals surface area contributed by atoms with Crippen LogP contribution in [0.25, 0.3) is 0 Å². The van der Waals surface area contributed by atoms with Crippen LogP contribution in [0.4, 0.5) is 5.69 Å². The molecule has 0 aromatic heterocycles. The van der Waals surface area contributed by atoms with E-state index < -0.39 is 0 Å². The molecule has 0 heterocycles. The van der Waals surface area contributed by atoms with Gasteiger partial charge in [-0.1, -0.05) is 24.3 Å². The van der Waals surface area contributed by atoms with Crippen LogP contribution in [-0.2, 0) is 22.5 Å². The molecule has 0 aliphatic carbocycles. The van der Waals surface area contributed by atoms with Crippen LogP contribution in [0.1, 0.15) is 31.4 Å². The first-order valence-electron chi connectivity index (χ1n) is 10.7. The number of ether oxygens (including phenoxy) is 2. The van der Waals surface area contributed by atoms with Gasteiger partial charge in [-0.2, -0.15) is 0 Å². The minimum Gasteiger partial charge on any atom is -0.497 e. The maximum Gasteiger partial charge on any atom is 0.221 e. The molecule has 2 aromatic rings. The number of hydrogen-bond acceptors (Lipinski definition) is 4. The zero-order chi connectivity index (χ0) is 22.3. The molecule has 0 atom stereocenters. The maximum absolute atomic E-state index is 11.1. The molecule has 0 bridgehead atoms. The van der Waals surface area contributed by atoms with E-state index in [1.807, 2.05) is 55.5 Å². The first kappa shape index (κ1) is 24.2. The predicted octanol–water partition coefficient (Wildman–Crippen LogP) is 3.36. The predicted molar refractivity (Wildman–Crippen MR) is 126 cm³/mol. The highest BCUT2D eigenvalue weighted by molar-refractivity contribution is 5.88. The number of aliphatic imine (C=N–C) groups is 1. The summed E-state index contributed by atoms with van der Waals surface area (Å²) < 4.78 is 10.6. The van der Waals surface area contributed by atoms with Crippen molar-refractivity contribution >= 4 is 17.6 Å². The summed E-state index contributed by atoms with van der Waals surface area (Å²) in [5.74, 6) is 1.55. The molecule has 3 N–H and O–H groups in total. The maximum atomic E-state index is 11.1. The Balaban J connectivity index is 1.88. The van der Waals surface area contributed by atoms with Crippen LogP contribution in [0, 0.1) is 0 Å². The quantitative estimate of drug-likeness (QED) is 0.275. The van der Waals surface area contributed by atoms with Gasteiger partial charge in [-0.3, -0.25) is 4.79 Å². The molecule has 0 spiro atoms. The normalized spacial score (nSPS) is 11.1. The van der Waals surface area contributed by atoms with Gasteiger partial charge in [-0.15, -0.1) is 0 Å². The fourth-order valence-corrected chi connectivity index (χ4v) is 2.88. The summed E-state index contributed by atoms with van der Waals surface area (Å²) in [6, 6.07) is 15.8. The van der Waals surface area contributed by atoms with E-state index in [1.54, 1.807) is 7.11 Å². The number of anilines is 1. The molecule has 168 valence electrons. The van der Waals surface area contributed by atoms with E-state index in [0.29, 0.717) is 6.54 Å². The van der Waals surface area contributed by atoms with Crippen molar-refractivity contribution in [2.75, 3.05) is 38.7 Å². The first-order chi connectivity index (χ1) is 15.1. The molecule has 7 heteroatoms. The highest BCUT2D eigenvalue weighted by atomic mass is 16.5. The summed E-state index contributed by atoms with van der Waals surface area (Å²) >= 11 is 0. The SMILES string of the molecule is CCOCCCNC(=NCc1ccc(OC)cc1)NCCc1ccc(NC(C)=O)cc1. The molecule has 0 aliphatic heterocycles. The van der Waals surface area contributed by atoms with Crippen LogP contribution >= 0.6 is 0 Å². The Morgan fingerprint density at radius 2 is 1.65 bits per heavy atom. The van der Waals surface area contributed by atoms with Crippen molar-refractivity contribution in [2.24, 2.45) is 4.99 Å². The van der Waals surface area contributed by atoms with E-state index in [2.05, 4.69) is 16.0 Å². The third-order valence-corrected chi connectivity index (χ3v) is 4.52.